The van der Waals surface area contributed by atoms with Crippen LogP contribution in [0.3, 0.4) is 0 Å². The Morgan fingerprint density at radius 2 is 1.58 bits per heavy atom. The van der Waals surface area contributed by atoms with Crippen LogP contribution in [0.4, 0.5) is 0 Å². The number of nitrogens with one attached hydrogen (secondary N) is 1. The molecule has 19 heavy (non-hydrogen) atoms. The van der Waals surface area contributed by atoms with Gasteiger partial charge >= 0.3 is 0 Å². The summed E-state index contributed by atoms with van der Waals surface area (Å²) < 4.78 is 0. The maximum atomic E-state index is 3.91. The molecule has 0 unspecified atom stereocenters. The number of hydrogen-bond acceptors (Lipinski definition) is 1. The van der Waals surface area contributed by atoms with Crippen molar-refractivity contribution >= 4 is 0 Å². The van der Waals surface area contributed by atoms with E-state index in [1.54, 1.807) is 5.56 Å². The van der Waals surface area contributed by atoms with E-state index in [0.717, 1.165) is 18.0 Å². The highest BCUT2D eigenvalue weighted by Gasteiger charge is 2.32. The summed E-state index contributed by atoms with van der Waals surface area (Å²) in [6.07, 6.45) is 11.3. The first-order valence-electron chi connectivity index (χ1n) is 8.14. The Balaban J connectivity index is 1.49. The summed E-state index contributed by atoms with van der Waals surface area (Å²) in [6.45, 7) is 2.25. The van der Waals surface area contributed by atoms with Gasteiger partial charge in [-0.2, -0.15) is 0 Å². The molecule has 104 valence electrons. The molecule has 0 spiro atoms. The van der Waals surface area contributed by atoms with Crippen LogP contribution in [-0.4, -0.2) is 12.1 Å². The van der Waals surface area contributed by atoms with Gasteiger partial charge in [-0.05, 0) is 49.7 Å². The van der Waals surface area contributed by atoms with Crippen LogP contribution in [0.1, 0.15) is 68.4 Å². The second kappa shape index (κ2) is 6.09. The molecule has 0 atom stereocenters. The van der Waals surface area contributed by atoms with Crippen molar-refractivity contribution in [1.82, 2.24) is 5.32 Å². The largest absolute Gasteiger partial charge is 0.311 e. The number of aryl methyl sites for hydroxylation is 1. The molecular weight excluding hydrogens is 230 g/mol. The fourth-order valence-electron chi connectivity index (χ4n) is 3.83. The molecule has 2 aliphatic rings. The summed E-state index contributed by atoms with van der Waals surface area (Å²) in [5, 5.41) is 3.91. The van der Waals surface area contributed by atoms with Gasteiger partial charge in [0.1, 0.15) is 0 Å². The van der Waals surface area contributed by atoms with Crippen LogP contribution in [0.15, 0.2) is 24.3 Å². The van der Waals surface area contributed by atoms with E-state index in [4.69, 9.17) is 0 Å². The number of rotatable bonds is 3. The average Bonchev–Trinajstić information content (AvgIpc) is 2.63. The fourth-order valence-corrected chi connectivity index (χ4v) is 3.83. The lowest BCUT2D eigenvalue weighted by atomic mass is 9.74. The fraction of sp³-hybridized carbons (Fsp3) is 0.667. The van der Waals surface area contributed by atoms with E-state index in [2.05, 4.69) is 36.5 Å². The van der Waals surface area contributed by atoms with Crippen molar-refractivity contribution < 1.29 is 0 Å². The van der Waals surface area contributed by atoms with Crippen LogP contribution in [0.5, 0.6) is 0 Å². The minimum atomic E-state index is 0.785. The van der Waals surface area contributed by atoms with Crippen molar-refractivity contribution in [2.75, 3.05) is 0 Å². The lowest BCUT2D eigenvalue weighted by Crippen LogP contribution is -2.45. The van der Waals surface area contributed by atoms with E-state index in [0.29, 0.717) is 0 Å². The topological polar surface area (TPSA) is 12.0 Å². The molecular formula is C18H27N. The molecule has 0 bridgehead atoms. The summed E-state index contributed by atoms with van der Waals surface area (Å²) in [6, 6.07) is 10.5. The van der Waals surface area contributed by atoms with Gasteiger partial charge in [-0.15, -0.1) is 0 Å². The SMILES string of the molecule is Cc1ccccc1C1CC(NC2CCCCCC2)C1. The summed E-state index contributed by atoms with van der Waals surface area (Å²) >= 11 is 0. The molecule has 0 amide bonds. The Morgan fingerprint density at radius 3 is 2.26 bits per heavy atom. The number of hydrogen-bond donors (Lipinski definition) is 1. The van der Waals surface area contributed by atoms with Gasteiger partial charge in [0.05, 0.1) is 0 Å². The van der Waals surface area contributed by atoms with Gasteiger partial charge in [-0.1, -0.05) is 49.9 Å². The predicted molar refractivity (Wildman–Crippen MR) is 81.6 cm³/mol. The second-order valence-corrected chi connectivity index (χ2v) is 6.58. The maximum Gasteiger partial charge on any atom is 0.00813 e. The van der Waals surface area contributed by atoms with Crippen LogP contribution < -0.4 is 5.32 Å². The average molecular weight is 257 g/mol. The smallest absolute Gasteiger partial charge is 0.00813 e. The van der Waals surface area contributed by atoms with Crippen LogP contribution >= 0.6 is 0 Å². The maximum absolute atomic E-state index is 3.91. The van der Waals surface area contributed by atoms with Gasteiger partial charge in [0.25, 0.3) is 0 Å². The highest BCUT2D eigenvalue weighted by molar-refractivity contribution is 5.31. The van der Waals surface area contributed by atoms with Crippen molar-refractivity contribution in [3.8, 4) is 0 Å². The van der Waals surface area contributed by atoms with Crippen molar-refractivity contribution in [2.45, 2.75) is 76.3 Å². The summed E-state index contributed by atoms with van der Waals surface area (Å²) in [7, 11) is 0. The molecule has 0 heterocycles. The van der Waals surface area contributed by atoms with E-state index < -0.39 is 0 Å². The first-order chi connectivity index (χ1) is 9.33. The normalized spacial score (nSPS) is 28.7. The van der Waals surface area contributed by atoms with Crippen molar-refractivity contribution in [1.29, 1.82) is 0 Å². The van der Waals surface area contributed by atoms with Gasteiger partial charge in [0, 0.05) is 12.1 Å². The Bertz CT molecular complexity index is 398. The first-order valence-corrected chi connectivity index (χ1v) is 8.14. The van der Waals surface area contributed by atoms with Gasteiger partial charge in [-0.3, -0.25) is 0 Å². The lowest BCUT2D eigenvalue weighted by Gasteiger charge is -2.39. The summed E-state index contributed by atoms with van der Waals surface area (Å²) in [5.74, 6) is 0.810. The van der Waals surface area contributed by atoms with Gasteiger partial charge in [-0.25, -0.2) is 0 Å². The van der Waals surface area contributed by atoms with E-state index >= 15 is 0 Å². The van der Waals surface area contributed by atoms with Crippen LogP contribution in [0.25, 0.3) is 0 Å². The number of benzene rings is 1. The van der Waals surface area contributed by atoms with E-state index in [9.17, 15) is 0 Å². The highest BCUT2D eigenvalue weighted by atomic mass is 15.0. The van der Waals surface area contributed by atoms with E-state index in [1.807, 2.05) is 0 Å². The minimum Gasteiger partial charge on any atom is -0.311 e. The quantitative estimate of drug-likeness (QED) is 0.783. The Labute approximate surface area is 117 Å². The van der Waals surface area contributed by atoms with Crippen molar-refractivity contribution in [3.63, 3.8) is 0 Å². The Kier molecular flexibility index (Phi) is 4.22. The third-order valence-corrected chi connectivity index (χ3v) is 5.09. The third-order valence-electron chi connectivity index (χ3n) is 5.09. The van der Waals surface area contributed by atoms with Crippen molar-refractivity contribution in [2.24, 2.45) is 0 Å². The van der Waals surface area contributed by atoms with Gasteiger partial charge in [0.2, 0.25) is 0 Å². The molecule has 2 fully saturated rings. The van der Waals surface area contributed by atoms with Crippen molar-refractivity contribution in [3.05, 3.63) is 35.4 Å². The monoisotopic (exact) mass is 257 g/mol. The molecule has 0 aliphatic heterocycles. The molecule has 1 nitrogen and oxygen atoms in total. The van der Waals surface area contributed by atoms with Gasteiger partial charge in [0.15, 0.2) is 0 Å². The van der Waals surface area contributed by atoms with E-state index in [-0.39, 0.29) is 0 Å². The molecule has 1 aromatic carbocycles. The van der Waals surface area contributed by atoms with Gasteiger partial charge < -0.3 is 5.32 Å². The summed E-state index contributed by atoms with van der Waals surface area (Å²) in [5.41, 5.74) is 3.06. The van der Waals surface area contributed by atoms with Crippen LogP contribution in [0.2, 0.25) is 0 Å². The Morgan fingerprint density at radius 1 is 0.895 bits per heavy atom. The zero-order valence-electron chi connectivity index (χ0n) is 12.2. The molecule has 1 heteroatoms. The third kappa shape index (κ3) is 3.20. The molecule has 0 radical (unpaired) electrons. The lowest BCUT2D eigenvalue weighted by molar-refractivity contribution is 0.254. The van der Waals surface area contributed by atoms with Crippen LogP contribution in [-0.2, 0) is 0 Å². The standard InChI is InChI=1S/C18H27N/c1-14-8-6-7-11-18(14)15-12-17(13-15)19-16-9-4-2-3-5-10-16/h6-8,11,15-17,19H,2-5,9-10,12-13H2,1H3. The molecule has 0 aromatic heterocycles. The molecule has 2 saturated carbocycles. The zero-order valence-corrected chi connectivity index (χ0v) is 12.2. The molecule has 2 aliphatic carbocycles. The van der Waals surface area contributed by atoms with E-state index in [1.165, 1.54) is 56.9 Å². The Hall–Kier alpha value is -0.820. The van der Waals surface area contributed by atoms with Crippen LogP contribution in [0, 0.1) is 6.92 Å². The molecule has 3 rings (SSSR count). The molecule has 0 saturated heterocycles. The molecule has 1 aromatic rings. The molecule has 1 N–H and O–H groups in total. The highest BCUT2D eigenvalue weighted by Crippen LogP contribution is 2.38. The first kappa shape index (κ1) is 13.2. The predicted octanol–water partition coefficient (Wildman–Crippen LogP) is 4.55. The second-order valence-electron chi connectivity index (χ2n) is 6.58. The zero-order chi connectivity index (χ0) is 13.1. The summed E-state index contributed by atoms with van der Waals surface area (Å²) in [4.78, 5) is 0. The minimum absolute atomic E-state index is 0.785.